The number of unbranched alkanes of at least 4 members (excludes halogenated alkanes) is 2. The molecule has 0 saturated carbocycles. The van der Waals surface area contributed by atoms with Crippen LogP contribution in [-0.4, -0.2) is 89.3 Å². The maximum absolute atomic E-state index is 14.4. The van der Waals surface area contributed by atoms with Crippen LogP contribution >= 0.6 is 0 Å². The Hall–Kier alpha value is -3.17. The first-order valence-electron chi connectivity index (χ1n) is 15.5. The van der Waals surface area contributed by atoms with E-state index in [0.717, 1.165) is 19.3 Å². The van der Waals surface area contributed by atoms with E-state index in [9.17, 15) is 19.5 Å². The molecule has 1 N–H and O–H groups in total. The van der Waals surface area contributed by atoms with Crippen LogP contribution < -0.4 is 9.64 Å². The highest BCUT2D eigenvalue weighted by atomic mass is 16.5. The van der Waals surface area contributed by atoms with Gasteiger partial charge in [-0.3, -0.25) is 14.4 Å². The van der Waals surface area contributed by atoms with E-state index < -0.39 is 35.6 Å². The number of fused-ring (bicyclic) bond motifs is 1. The molecule has 9 heteroatoms. The van der Waals surface area contributed by atoms with Crippen LogP contribution in [0.5, 0.6) is 5.75 Å². The predicted octanol–water partition coefficient (Wildman–Crippen LogP) is 3.95. The zero-order valence-electron chi connectivity index (χ0n) is 25.4. The molecular formula is C33H47N3O6. The largest absolute Gasteiger partial charge is 0.494 e. The van der Waals surface area contributed by atoms with Gasteiger partial charge >= 0.3 is 0 Å². The minimum atomic E-state index is -1.12. The fourth-order valence-corrected chi connectivity index (χ4v) is 7.15. The average molecular weight is 582 g/mol. The Bertz CT molecular complexity index is 1140. The summed E-state index contributed by atoms with van der Waals surface area (Å²) in [5.41, 5.74) is -0.449. The molecule has 6 atom stereocenters. The van der Waals surface area contributed by atoms with Gasteiger partial charge in [0, 0.05) is 25.3 Å². The number of carbonyl (C=O) groups is 3. The number of nitrogens with zero attached hydrogens (tertiary/aromatic N) is 3. The molecule has 3 saturated heterocycles. The van der Waals surface area contributed by atoms with Crippen molar-refractivity contribution < 1.29 is 29.0 Å². The van der Waals surface area contributed by atoms with Gasteiger partial charge in [-0.1, -0.05) is 38.8 Å². The zero-order valence-corrected chi connectivity index (χ0v) is 25.4. The van der Waals surface area contributed by atoms with Gasteiger partial charge in [0.15, 0.2) is 0 Å². The second-order valence-corrected chi connectivity index (χ2v) is 11.5. The number of rotatable bonds is 16. The quantitative estimate of drug-likeness (QED) is 0.234. The summed E-state index contributed by atoms with van der Waals surface area (Å²) < 4.78 is 12.2. The van der Waals surface area contributed by atoms with Crippen LogP contribution in [0.15, 0.2) is 49.6 Å². The smallest absolute Gasteiger partial charge is 0.248 e. The van der Waals surface area contributed by atoms with E-state index >= 15 is 0 Å². The minimum absolute atomic E-state index is 0.197. The minimum Gasteiger partial charge on any atom is -0.494 e. The number of carbonyl (C=O) groups excluding carboxylic acids is 3. The number of anilines is 1. The number of amides is 3. The topological polar surface area (TPSA) is 99.6 Å². The molecule has 1 aromatic carbocycles. The summed E-state index contributed by atoms with van der Waals surface area (Å²) >= 11 is 0. The molecule has 4 rings (SSSR count). The van der Waals surface area contributed by atoms with Crippen LogP contribution in [0, 0.1) is 11.8 Å². The summed E-state index contributed by atoms with van der Waals surface area (Å²) in [6, 6.07) is 5.83. The zero-order chi connectivity index (χ0) is 30.4. The third-order valence-electron chi connectivity index (χ3n) is 9.06. The number of likely N-dealkylation sites (tertiary alicyclic amines) is 1. The maximum atomic E-state index is 14.4. The lowest BCUT2D eigenvalue weighted by Crippen LogP contribution is -2.58. The van der Waals surface area contributed by atoms with E-state index in [4.69, 9.17) is 9.47 Å². The Balaban J connectivity index is 1.72. The molecule has 0 radical (unpaired) electrons. The highest BCUT2D eigenvalue weighted by Crippen LogP contribution is 2.59. The highest BCUT2D eigenvalue weighted by Gasteiger charge is 2.75. The molecule has 230 valence electrons. The molecule has 0 aromatic heterocycles. The van der Waals surface area contributed by atoms with Crippen molar-refractivity contribution in [2.45, 2.75) is 83.1 Å². The lowest BCUT2D eigenvalue weighted by atomic mass is 9.70. The summed E-state index contributed by atoms with van der Waals surface area (Å²) in [4.78, 5) is 48.0. The fourth-order valence-electron chi connectivity index (χ4n) is 7.15. The summed E-state index contributed by atoms with van der Waals surface area (Å²) in [5.74, 6) is -1.56. The predicted molar refractivity (Wildman–Crippen MR) is 162 cm³/mol. The van der Waals surface area contributed by atoms with Crippen molar-refractivity contribution in [1.29, 1.82) is 0 Å². The number of aliphatic hydroxyl groups excluding tert-OH is 1. The average Bonchev–Trinajstić information content (AvgIpc) is 3.64. The SMILES string of the molecule is C=CCN(CCCCC)C(=O)C1N([C@@H](CC)CO)C(=O)[C@@H]2[C@H](C(=O)N(CC=C)c3ccc(OCC)cc3)[C@@H]3CCC12O3. The first-order chi connectivity index (χ1) is 20.3. The first kappa shape index (κ1) is 31.8. The van der Waals surface area contributed by atoms with Crippen LogP contribution in [0.1, 0.15) is 59.3 Å². The molecule has 3 fully saturated rings. The van der Waals surface area contributed by atoms with Gasteiger partial charge in [-0.05, 0) is 56.9 Å². The first-order valence-corrected chi connectivity index (χ1v) is 15.5. The monoisotopic (exact) mass is 581 g/mol. The summed E-state index contributed by atoms with van der Waals surface area (Å²) in [5, 5.41) is 10.3. The Morgan fingerprint density at radius 1 is 1.14 bits per heavy atom. The van der Waals surface area contributed by atoms with E-state index in [1.54, 1.807) is 26.9 Å². The maximum Gasteiger partial charge on any atom is 0.248 e. The summed E-state index contributed by atoms with van der Waals surface area (Å²) in [6.07, 6.45) is 7.29. The van der Waals surface area contributed by atoms with Gasteiger partial charge < -0.3 is 29.3 Å². The van der Waals surface area contributed by atoms with Gasteiger partial charge in [0.25, 0.3) is 0 Å². The number of aliphatic hydroxyl groups is 1. The molecule has 9 nitrogen and oxygen atoms in total. The number of hydrogen-bond acceptors (Lipinski definition) is 6. The highest BCUT2D eigenvalue weighted by molar-refractivity contribution is 6.03. The van der Waals surface area contributed by atoms with Crippen LogP contribution in [0.4, 0.5) is 5.69 Å². The molecule has 1 aromatic rings. The lowest BCUT2D eigenvalue weighted by molar-refractivity contribution is -0.151. The van der Waals surface area contributed by atoms with Crippen molar-refractivity contribution in [2.75, 3.05) is 37.7 Å². The van der Waals surface area contributed by atoms with E-state index in [0.29, 0.717) is 50.4 Å². The molecule has 0 aliphatic carbocycles. The standard InChI is InChI=1S/C33H47N3O6/c1-6-11-12-21-34(19-7-2)32(40)29-33-18-17-26(42-33)27(28(33)31(39)36(29)23(9-4)22-37)30(38)35(20-8-3)24-13-15-25(16-14-24)41-10-5/h7-8,13-16,23,26-29,37H,2-3,6,9-12,17-22H2,1,4-5H3/t23-,26-,27+,28-,29?,33?/m0/s1. The van der Waals surface area contributed by atoms with Gasteiger partial charge in [0.2, 0.25) is 17.7 Å². The summed E-state index contributed by atoms with van der Waals surface area (Å²) in [6.45, 7) is 15.0. The third kappa shape index (κ3) is 5.61. The number of ether oxygens (including phenoxy) is 2. The lowest BCUT2D eigenvalue weighted by Gasteiger charge is -2.39. The molecular weight excluding hydrogens is 534 g/mol. The molecule has 3 heterocycles. The molecule has 3 amide bonds. The van der Waals surface area contributed by atoms with Crippen molar-refractivity contribution in [3.63, 3.8) is 0 Å². The van der Waals surface area contributed by atoms with E-state index in [2.05, 4.69) is 20.1 Å². The van der Waals surface area contributed by atoms with Crippen LogP contribution in [0.3, 0.4) is 0 Å². The Kier molecular flexibility index (Phi) is 10.5. The molecule has 3 aliphatic heterocycles. The van der Waals surface area contributed by atoms with Gasteiger partial charge in [0.1, 0.15) is 17.4 Å². The van der Waals surface area contributed by atoms with Crippen LogP contribution in [0.25, 0.3) is 0 Å². The van der Waals surface area contributed by atoms with Gasteiger partial charge in [-0.25, -0.2) is 0 Å². The van der Waals surface area contributed by atoms with E-state index in [-0.39, 0.29) is 30.9 Å². The van der Waals surface area contributed by atoms with E-state index in [1.165, 1.54) is 0 Å². The third-order valence-corrected chi connectivity index (χ3v) is 9.06. The Morgan fingerprint density at radius 2 is 1.86 bits per heavy atom. The van der Waals surface area contributed by atoms with Crippen molar-refractivity contribution in [1.82, 2.24) is 9.80 Å². The normalized spacial score (nSPS) is 26.6. The fraction of sp³-hybridized carbons (Fsp3) is 0.606. The van der Waals surface area contributed by atoms with Crippen LogP contribution in [0.2, 0.25) is 0 Å². The molecule has 2 bridgehead atoms. The Morgan fingerprint density at radius 3 is 2.45 bits per heavy atom. The second kappa shape index (κ2) is 13.9. The van der Waals surface area contributed by atoms with Crippen molar-refractivity contribution in [3.05, 3.63) is 49.6 Å². The van der Waals surface area contributed by atoms with Crippen molar-refractivity contribution in [3.8, 4) is 5.75 Å². The van der Waals surface area contributed by atoms with Crippen LogP contribution in [-0.2, 0) is 19.1 Å². The van der Waals surface area contributed by atoms with Crippen molar-refractivity contribution >= 4 is 23.4 Å². The molecule has 42 heavy (non-hydrogen) atoms. The second-order valence-electron chi connectivity index (χ2n) is 11.5. The molecule has 1 spiro atoms. The summed E-state index contributed by atoms with van der Waals surface area (Å²) in [7, 11) is 0. The number of benzene rings is 1. The molecule has 3 aliphatic rings. The number of hydrogen-bond donors (Lipinski definition) is 1. The Labute approximate surface area is 250 Å². The van der Waals surface area contributed by atoms with Crippen molar-refractivity contribution in [2.24, 2.45) is 11.8 Å². The van der Waals surface area contributed by atoms with Gasteiger partial charge in [0.05, 0.1) is 37.2 Å². The van der Waals surface area contributed by atoms with Gasteiger partial charge in [-0.15, -0.1) is 13.2 Å². The van der Waals surface area contributed by atoms with Gasteiger partial charge in [-0.2, -0.15) is 0 Å². The molecule has 2 unspecified atom stereocenters. The van der Waals surface area contributed by atoms with E-state index in [1.807, 2.05) is 38.1 Å².